The van der Waals surface area contributed by atoms with Crippen molar-refractivity contribution in [3.8, 4) is 0 Å². The highest BCUT2D eigenvalue weighted by Gasteiger charge is 2.22. The van der Waals surface area contributed by atoms with Crippen molar-refractivity contribution in [3.05, 3.63) is 36.0 Å². The number of H-pyrrole nitrogens is 1. The topological polar surface area (TPSA) is 62.1 Å². The van der Waals surface area contributed by atoms with Gasteiger partial charge in [0.1, 0.15) is 0 Å². The van der Waals surface area contributed by atoms with Crippen LogP contribution in [0.25, 0.3) is 10.9 Å². The first-order chi connectivity index (χ1) is 9.74. The fourth-order valence-electron chi connectivity index (χ4n) is 2.94. The van der Waals surface area contributed by atoms with E-state index >= 15 is 0 Å². The van der Waals surface area contributed by atoms with Crippen LogP contribution >= 0.6 is 0 Å². The molecule has 1 fully saturated rings. The fourth-order valence-corrected chi connectivity index (χ4v) is 2.94. The fraction of sp³-hybridized carbons (Fsp3) is 0.438. The smallest absolute Gasteiger partial charge is 0.224 e. The van der Waals surface area contributed by atoms with Gasteiger partial charge in [-0.05, 0) is 30.9 Å². The first-order valence-electron chi connectivity index (χ1n) is 7.32. The zero-order valence-electron chi connectivity index (χ0n) is 11.6. The first-order valence-corrected chi connectivity index (χ1v) is 7.32. The molecule has 1 aliphatic heterocycles. The highest BCUT2D eigenvalue weighted by molar-refractivity contribution is 5.83. The van der Waals surface area contributed by atoms with Gasteiger partial charge in [0.25, 0.3) is 0 Å². The van der Waals surface area contributed by atoms with Crippen molar-refractivity contribution in [2.75, 3.05) is 13.1 Å². The molecule has 2 aromatic rings. The Kier molecular flexibility index (Phi) is 3.74. The van der Waals surface area contributed by atoms with Gasteiger partial charge in [-0.3, -0.25) is 4.79 Å². The number of amides is 1. The molecule has 106 valence electrons. The maximum atomic E-state index is 11.8. The zero-order chi connectivity index (χ0) is 13.9. The summed E-state index contributed by atoms with van der Waals surface area (Å²) >= 11 is 0. The number of carbonyl (C=O) groups excluding carboxylic acids is 1. The molecule has 0 radical (unpaired) electrons. The van der Waals surface area contributed by atoms with Gasteiger partial charge in [-0.1, -0.05) is 18.2 Å². The predicted octanol–water partition coefficient (Wildman–Crippen LogP) is 2.05. The number of benzene rings is 1. The largest absolute Gasteiger partial charge is 0.361 e. The number of nitrogens with one attached hydrogen (secondary N) is 1. The minimum Gasteiger partial charge on any atom is -0.361 e. The van der Waals surface area contributed by atoms with Gasteiger partial charge in [0.15, 0.2) is 0 Å². The second-order valence-electron chi connectivity index (χ2n) is 5.60. The Morgan fingerprint density at radius 2 is 2.20 bits per heavy atom. The average molecular weight is 271 g/mol. The van der Waals surface area contributed by atoms with Crippen molar-refractivity contribution in [3.63, 3.8) is 0 Å². The number of piperidine rings is 1. The van der Waals surface area contributed by atoms with Gasteiger partial charge < -0.3 is 15.6 Å². The molecular formula is C16H21N3O. The van der Waals surface area contributed by atoms with Gasteiger partial charge in [0.05, 0.1) is 0 Å². The van der Waals surface area contributed by atoms with E-state index in [1.165, 1.54) is 16.5 Å². The maximum Gasteiger partial charge on any atom is 0.224 e. The Morgan fingerprint density at radius 3 is 3.05 bits per heavy atom. The number of nitrogens with two attached hydrogens (primary N) is 1. The van der Waals surface area contributed by atoms with E-state index in [-0.39, 0.29) is 11.9 Å². The molecule has 1 atom stereocenters. The van der Waals surface area contributed by atoms with Crippen LogP contribution in [0.1, 0.15) is 24.8 Å². The Bertz CT molecular complexity index is 605. The van der Waals surface area contributed by atoms with Crippen LogP contribution in [0.5, 0.6) is 0 Å². The lowest BCUT2D eigenvalue weighted by atomic mass is 10.0. The third-order valence-electron chi connectivity index (χ3n) is 4.11. The second kappa shape index (κ2) is 5.67. The number of hydrogen-bond donors (Lipinski definition) is 2. The molecule has 0 saturated carbocycles. The number of aromatic nitrogens is 1. The van der Waals surface area contributed by atoms with E-state index < -0.39 is 0 Å². The minimum atomic E-state index is 0.0624. The number of hydrogen-bond acceptors (Lipinski definition) is 2. The molecule has 1 amide bonds. The van der Waals surface area contributed by atoms with Crippen LogP contribution in [-0.2, 0) is 11.2 Å². The molecule has 1 unspecified atom stereocenters. The van der Waals surface area contributed by atoms with Gasteiger partial charge >= 0.3 is 0 Å². The average Bonchev–Trinajstić information content (AvgIpc) is 2.85. The third-order valence-corrected chi connectivity index (χ3v) is 4.11. The first kappa shape index (κ1) is 13.2. The molecule has 2 heterocycles. The van der Waals surface area contributed by atoms with Crippen LogP contribution in [0.4, 0.5) is 0 Å². The SMILES string of the molecule is NC1CCN(CCCc2c[nH]c3ccccc23)C(=O)C1. The van der Waals surface area contributed by atoms with Gasteiger partial charge in [0.2, 0.25) is 5.91 Å². The van der Waals surface area contributed by atoms with Crippen LogP contribution in [0.15, 0.2) is 30.5 Å². The van der Waals surface area contributed by atoms with Crippen molar-refractivity contribution in [2.45, 2.75) is 31.7 Å². The third kappa shape index (κ3) is 2.70. The number of aryl methyl sites for hydroxylation is 1. The summed E-state index contributed by atoms with van der Waals surface area (Å²) < 4.78 is 0. The van der Waals surface area contributed by atoms with E-state index in [2.05, 4.69) is 29.4 Å². The molecular weight excluding hydrogens is 250 g/mol. The number of fused-ring (bicyclic) bond motifs is 1. The molecule has 4 heteroatoms. The normalized spacial score (nSPS) is 19.8. The summed E-state index contributed by atoms with van der Waals surface area (Å²) in [6.45, 7) is 1.65. The van der Waals surface area contributed by atoms with Gasteiger partial charge in [-0.15, -0.1) is 0 Å². The molecule has 0 spiro atoms. The molecule has 1 aliphatic rings. The standard InChI is InChI=1S/C16H21N3O/c17-13-7-9-19(16(20)10-13)8-3-4-12-11-18-15-6-2-1-5-14(12)15/h1-2,5-6,11,13,18H,3-4,7-10,17H2. The quantitative estimate of drug-likeness (QED) is 0.894. The lowest BCUT2D eigenvalue weighted by Gasteiger charge is -2.30. The number of aromatic amines is 1. The van der Waals surface area contributed by atoms with Crippen molar-refractivity contribution < 1.29 is 4.79 Å². The summed E-state index contributed by atoms with van der Waals surface area (Å²) in [4.78, 5) is 17.1. The van der Waals surface area contributed by atoms with Gasteiger partial charge in [-0.2, -0.15) is 0 Å². The van der Waals surface area contributed by atoms with Crippen molar-refractivity contribution >= 4 is 16.8 Å². The second-order valence-corrected chi connectivity index (χ2v) is 5.60. The van der Waals surface area contributed by atoms with Crippen LogP contribution in [0, 0.1) is 0 Å². The predicted molar refractivity (Wildman–Crippen MR) is 80.4 cm³/mol. The number of carbonyl (C=O) groups is 1. The van der Waals surface area contributed by atoms with E-state index in [0.717, 1.165) is 32.4 Å². The lowest BCUT2D eigenvalue weighted by Crippen LogP contribution is -2.44. The molecule has 1 aromatic heterocycles. The number of rotatable bonds is 4. The number of nitrogens with zero attached hydrogens (tertiary/aromatic N) is 1. The molecule has 3 rings (SSSR count). The van der Waals surface area contributed by atoms with Gasteiger partial charge in [-0.25, -0.2) is 0 Å². The summed E-state index contributed by atoms with van der Waals surface area (Å²) in [5.74, 6) is 0.211. The Morgan fingerprint density at radius 1 is 1.35 bits per heavy atom. The van der Waals surface area contributed by atoms with E-state index in [4.69, 9.17) is 5.73 Å². The lowest BCUT2D eigenvalue weighted by molar-refractivity contribution is -0.133. The van der Waals surface area contributed by atoms with Crippen LogP contribution in [0.2, 0.25) is 0 Å². The Balaban J connectivity index is 1.56. The van der Waals surface area contributed by atoms with Gasteiger partial charge in [0, 0.05) is 42.7 Å². The van der Waals surface area contributed by atoms with E-state index in [1.807, 2.05) is 11.0 Å². The molecule has 20 heavy (non-hydrogen) atoms. The summed E-state index contributed by atoms with van der Waals surface area (Å²) in [6.07, 6.45) is 5.52. The minimum absolute atomic E-state index is 0.0624. The van der Waals surface area contributed by atoms with E-state index in [1.54, 1.807) is 0 Å². The highest BCUT2D eigenvalue weighted by atomic mass is 16.2. The van der Waals surface area contributed by atoms with Crippen LogP contribution < -0.4 is 5.73 Å². The van der Waals surface area contributed by atoms with E-state index in [9.17, 15) is 4.79 Å². The summed E-state index contributed by atoms with van der Waals surface area (Å²) in [7, 11) is 0. The maximum absolute atomic E-state index is 11.8. The Hall–Kier alpha value is -1.81. The summed E-state index contributed by atoms with van der Waals surface area (Å²) in [6, 6.07) is 8.40. The molecule has 0 aliphatic carbocycles. The monoisotopic (exact) mass is 271 g/mol. The Labute approximate surface area is 118 Å². The molecule has 1 aromatic carbocycles. The van der Waals surface area contributed by atoms with E-state index in [0.29, 0.717) is 6.42 Å². The summed E-state index contributed by atoms with van der Waals surface area (Å²) in [5.41, 5.74) is 8.32. The van der Waals surface area contributed by atoms with Crippen molar-refractivity contribution in [1.82, 2.24) is 9.88 Å². The molecule has 3 N–H and O–H groups in total. The van der Waals surface area contributed by atoms with Crippen molar-refractivity contribution in [2.24, 2.45) is 5.73 Å². The highest BCUT2D eigenvalue weighted by Crippen LogP contribution is 2.19. The van der Waals surface area contributed by atoms with Crippen LogP contribution in [-0.4, -0.2) is 34.9 Å². The summed E-state index contributed by atoms with van der Waals surface area (Å²) in [5, 5.41) is 1.29. The molecule has 1 saturated heterocycles. The van der Waals surface area contributed by atoms with Crippen LogP contribution in [0.3, 0.4) is 0 Å². The van der Waals surface area contributed by atoms with Crippen molar-refractivity contribution in [1.29, 1.82) is 0 Å². The molecule has 4 nitrogen and oxygen atoms in total. The number of para-hydroxylation sites is 1. The zero-order valence-corrected chi connectivity index (χ0v) is 11.6. The molecule has 0 bridgehead atoms. The number of likely N-dealkylation sites (tertiary alicyclic amines) is 1.